The van der Waals surface area contributed by atoms with Gasteiger partial charge in [0.05, 0.1) is 26.1 Å². The minimum Gasteiger partial charge on any atom is -0.493 e. The predicted molar refractivity (Wildman–Crippen MR) is 100 cm³/mol. The molecule has 0 N–H and O–H groups in total. The van der Waals surface area contributed by atoms with Crippen molar-refractivity contribution < 1.29 is 27.8 Å². The number of rotatable bonds is 6. The van der Waals surface area contributed by atoms with Crippen LogP contribution in [-0.2, 0) is 4.79 Å². The van der Waals surface area contributed by atoms with Crippen molar-refractivity contribution in [3.63, 3.8) is 0 Å². The average Bonchev–Trinajstić information content (AvgIpc) is 2.93. The number of alkyl halides is 2. The number of fused-ring (bicyclic) bond motifs is 1. The Kier molecular flexibility index (Phi) is 5.53. The largest absolute Gasteiger partial charge is 0.493 e. The van der Waals surface area contributed by atoms with Crippen LogP contribution in [0.15, 0.2) is 46.6 Å². The number of methoxy groups -OCH3 is 2. The van der Waals surface area contributed by atoms with Crippen molar-refractivity contribution in [1.82, 2.24) is 0 Å². The molecule has 0 fully saturated rings. The lowest BCUT2D eigenvalue weighted by Crippen LogP contribution is -2.25. The van der Waals surface area contributed by atoms with Gasteiger partial charge in [-0.1, -0.05) is 18.2 Å². The molecule has 0 aliphatic carbocycles. The molecule has 0 bridgehead atoms. The molecular weight excluding hydrogens is 372 g/mol. The summed E-state index contributed by atoms with van der Waals surface area (Å²) in [5.41, 5.74) is 2.11. The molecule has 1 aliphatic heterocycles. The van der Waals surface area contributed by atoms with Gasteiger partial charge in [0, 0.05) is 18.2 Å². The highest BCUT2D eigenvalue weighted by Gasteiger charge is 2.31. The van der Waals surface area contributed by atoms with E-state index in [4.69, 9.17) is 9.47 Å². The van der Waals surface area contributed by atoms with Crippen LogP contribution in [0.25, 0.3) is 0 Å². The van der Waals surface area contributed by atoms with Crippen LogP contribution in [0, 0.1) is 0 Å². The van der Waals surface area contributed by atoms with Crippen LogP contribution in [0.5, 0.6) is 17.2 Å². The third-order valence-electron chi connectivity index (χ3n) is 4.08. The van der Waals surface area contributed by atoms with Gasteiger partial charge in [-0.05, 0) is 18.2 Å². The number of amides is 1. The van der Waals surface area contributed by atoms with Gasteiger partial charge in [0.1, 0.15) is 0 Å². The first-order valence-corrected chi connectivity index (χ1v) is 8.15. The molecule has 0 saturated heterocycles. The first-order chi connectivity index (χ1) is 13.5. The molecule has 0 atom stereocenters. The van der Waals surface area contributed by atoms with Crippen LogP contribution >= 0.6 is 0 Å². The fourth-order valence-corrected chi connectivity index (χ4v) is 2.78. The molecule has 3 rings (SSSR count). The third kappa shape index (κ3) is 3.64. The van der Waals surface area contributed by atoms with Gasteiger partial charge >= 0.3 is 6.61 Å². The van der Waals surface area contributed by atoms with E-state index >= 15 is 0 Å². The van der Waals surface area contributed by atoms with Gasteiger partial charge in [-0.3, -0.25) is 4.79 Å². The first kappa shape index (κ1) is 19.3. The zero-order valence-corrected chi connectivity index (χ0v) is 15.3. The van der Waals surface area contributed by atoms with Gasteiger partial charge in [0.25, 0.3) is 5.91 Å². The zero-order valence-electron chi connectivity index (χ0n) is 15.3. The number of halogens is 2. The summed E-state index contributed by atoms with van der Waals surface area (Å²) in [6, 6.07) is 10.1. The highest BCUT2D eigenvalue weighted by atomic mass is 19.3. The smallest absolute Gasteiger partial charge is 0.387 e. The van der Waals surface area contributed by atoms with Crippen LogP contribution in [0.3, 0.4) is 0 Å². The Balaban J connectivity index is 1.93. The lowest BCUT2D eigenvalue weighted by Gasteiger charge is -2.14. The number of hydrogen-bond donors (Lipinski definition) is 0. The number of nitrogens with zero attached hydrogens (tertiary/aromatic N) is 3. The molecule has 7 nitrogen and oxygen atoms in total. The first-order valence-electron chi connectivity index (χ1n) is 8.15. The summed E-state index contributed by atoms with van der Waals surface area (Å²) in [6.45, 7) is -3.03. The number of para-hydroxylation sites is 1. The second-order valence-corrected chi connectivity index (χ2v) is 5.71. The molecule has 0 unspecified atom stereocenters. The van der Waals surface area contributed by atoms with Crippen LogP contribution in [-0.4, -0.2) is 45.7 Å². The van der Waals surface area contributed by atoms with Crippen molar-refractivity contribution in [2.45, 2.75) is 6.61 Å². The van der Waals surface area contributed by atoms with Crippen molar-refractivity contribution in [1.29, 1.82) is 0 Å². The fourth-order valence-electron chi connectivity index (χ4n) is 2.78. The van der Waals surface area contributed by atoms with Gasteiger partial charge in [0.2, 0.25) is 5.75 Å². The number of carbonyl (C=O) groups excluding carboxylic acids is 1. The molecular formula is C19H17F2N3O4. The van der Waals surface area contributed by atoms with E-state index in [1.165, 1.54) is 37.5 Å². The molecule has 0 aromatic heterocycles. The van der Waals surface area contributed by atoms with Crippen LogP contribution in [0.1, 0.15) is 11.1 Å². The maximum Gasteiger partial charge on any atom is 0.387 e. The van der Waals surface area contributed by atoms with Crippen LogP contribution in [0.4, 0.5) is 14.5 Å². The Morgan fingerprint density at radius 3 is 2.36 bits per heavy atom. The highest BCUT2D eigenvalue weighted by molar-refractivity contribution is 6.54. The molecule has 1 aliphatic rings. The Hall–Kier alpha value is -3.49. The van der Waals surface area contributed by atoms with E-state index in [1.54, 1.807) is 13.1 Å². The predicted octanol–water partition coefficient (Wildman–Crippen LogP) is 3.10. The molecule has 2 aromatic rings. The van der Waals surface area contributed by atoms with E-state index in [0.29, 0.717) is 11.1 Å². The van der Waals surface area contributed by atoms with E-state index in [9.17, 15) is 13.6 Å². The average molecular weight is 389 g/mol. The highest BCUT2D eigenvalue weighted by Crippen LogP contribution is 2.39. The standard InChI is InChI=1S/C19H17F2N3O4/c1-24-13-7-5-4-6-12(13)16(18(24)25)23-22-10-11-8-14(26-2)17(28-19(20)21)15(9-11)27-3/h4-10,19H,1-3H3/b22-10-,23-16-. The van der Waals surface area contributed by atoms with Crippen LogP contribution in [0.2, 0.25) is 0 Å². The van der Waals surface area contributed by atoms with Gasteiger partial charge in [0.15, 0.2) is 17.2 Å². The SMILES string of the molecule is COc1cc(/C=N\N=C2/C(=O)N(C)c3ccccc32)cc(OC)c1OC(F)F. The number of likely N-dealkylation sites (N-methyl/N-ethyl adjacent to an activating group) is 1. The molecule has 2 aromatic carbocycles. The lowest BCUT2D eigenvalue weighted by atomic mass is 10.1. The quantitative estimate of drug-likeness (QED) is 0.562. The van der Waals surface area contributed by atoms with Gasteiger partial charge < -0.3 is 19.1 Å². The summed E-state index contributed by atoms with van der Waals surface area (Å²) < 4.78 is 39.8. The van der Waals surface area contributed by atoms with E-state index in [-0.39, 0.29) is 28.9 Å². The molecule has 0 saturated carbocycles. The zero-order chi connectivity index (χ0) is 20.3. The summed E-state index contributed by atoms with van der Waals surface area (Å²) in [6.07, 6.45) is 1.36. The normalized spacial score (nSPS) is 14.9. The number of benzene rings is 2. The second-order valence-electron chi connectivity index (χ2n) is 5.71. The number of carbonyl (C=O) groups is 1. The molecule has 28 heavy (non-hydrogen) atoms. The lowest BCUT2D eigenvalue weighted by molar-refractivity contribution is -0.111. The van der Waals surface area contributed by atoms with Crippen molar-refractivity contribution in [2.24, 2.45) is 10.2 Å². The van der Waals surface area contributed by atoms with Crippen molar-refractivity contribution in [3.8, 4) is 17.2 Å². The molecule has 1 amide bonds. The monoisotopic (exact) mass is 389 g/mol. The Labute approximate surface area is 159 Å². The maximum absolute atomic E-state index is 12.6. The Bertz CT molecular complexity index is 935. The topological polar surface area (TPSA) is 72.7 Å². The minimum atomic E-state index is -3.03. The van der Waals surface area contributed by atoms with Gasteiger partial charge in [-0.15, -0.1) is 5.10 Å². The summed E-state index contributed by atoms with van der Waals surface area (Å²) >= 11 is 0. The fraction of sp³-hybridized carbons (Fsp3) is 0.211. The molecule has 0 radical (unpaired) electrons. The molecule has 1 heterocycles. The summed E-state index contributed by atoms with van der Waals surface area (Å²) in [4.78, 5) is 13.8. The van der Waals surface area contributed by atoms with E-state index in [2.05, 4.69) is 14.9 Å². The van der Waals surface area contributed by atoms with Crippen molar-refractivity contribution in [2.75, 3.05) is 26.2 Å². The van der Waals surface area contributed by atoms with Gasteiger partial charge in [-0.2, -0.15) is 13.9 Å². The maximum atomic E-state index is 12.6. The van der Waals surface area contributed by atoms with E-state index < -0.39 is 6.61 Å². The second kappa shape index (κ2) is 8.03. The van der Waals surface area contributed by atoms with E-state index in [1.807, 2.05) is 18.2 Å². The Morgan fingerprint density at radius 1 is 1.11 bits per heavy atom. The Morgan fingerprint density at radius 2 is 1.75 bits per heavy atom. The third-order valence-corrected chi connectivity index (χ3v) is 4.08. The molecule has 146 valence electrons. The summed E-state index contributed by atoms with van der Waals surface area (Å²) in [5.74, 6) is -0.384. The van der Waals surface area contributed by atoms with Crippen LogP contribution < -0.4 is 19.1 Å². The number of anilines is 1. The number of hydrogen-bond acceptors (Lipinski definition) is 6. The van der Waals surface area contributed by atoms with Crippen molar-refractivity contribution in [3.05, 3.63) is 47.5 Å². The summed E-state index contributed by atoms with van der Waals surface area (Å²) in [7, 11) is 4.29. The minimum absolute atomic E-state index is 0.0516. The molecule has 9 heteroatoms. The van der Waals surface area contributed by atoms with E-state index in [0.717, 1.165) is 5.69 Å². The molecule has 0 spiro atoms. The number of ether oxygens (including phenoxy) is 3. The van der Waals surface area contributed by atoms with Crippen molar-refractivity contribution >= 4 is 23.5 Å². The van der Waals surface area contributed by atoms with Gasteiger partial charge in [-0.25, -0.2) is 0 Å². The summed E-state index contributed by atoms with van der Waals surface area (Å²) in [5, 5.41) is 8.00.